The van der Waals surface area contributed by atoms with Gasteiger partial charge in [0.05, 0.1) is 24.7 Å². The molecule has 1 fully saturated rings. The molecule has 3 rings (SSSR count). The maximum atomic E-state index is 12.3. The zero-order valence-corrected chi connectivity index (χ0v) is 13.4. The van der Waals surface area contributed by atoms with Crippen LogP contribution in [0.3, 0.4) is 0 Å². The second-order valence-corrected chi connectivity index (χ2v) is 5.69. The molecule has 7 nitrogen and oxygen atoms in total. The van der Waals surface area contributed by atoms with Crippen molar-refractivity contribution in [2.24, 2.45) is 5.73 Å². The molecule has 7 heteroatoms. The number of nitrogens with two attached hydrogens (primary N) is 1. The van der Waals surface area contributed by atoms with Crippen molar-refractivity contribution >= 4 is 11.6 Å². The summed E-state index contributed by atoms with van der Waals surface area (Å²) in [5.41, 5.74) is 6.23. The van der Waals surface area contributed by atoms with E-state index in [1.807, 2.05) is 35.0 Å². The van der Waals surface area contributed by atoms with E-state index in [-0.39, 0.29) is 12.0 Å². The summed E-state index contributed by atoms with van der Waals surface area (Å²) in [5, 5.41) is 2.89. The predicted octanol–water partition coefficient (Wildman–Crippen LogP) is 1.41. The molecule has 128 valence electrons. The van der Waals surface area contributed by atoms with Crippen molar-refractivity contribution in [1.29, 1.82) is 0 Å². The Balaban J connectivity index is 1.56. The first-order valence-corrected chi connectivity index (χ1v) is 8.10. The first-order chi connectivity index (χ1) is 11.8. The first-order valence-electron chi connectivity index (χ1n) is 8.10. The number of carbonyl (C=O) groups excluding carboxylic acids is 1. The van der Waals surface area contributed by atoms with E-state index in [0.29, 0.717) is 37.6 Å². The summed E-state index contributed by atoms with van der Waals surface area (Å²) in [7, 11) is 0. The van der Waals surface area contributed by atoms with E-state index >= 15 is 0 Å². The van der Waals surface area contributed by atoms with E-state index in [0.717, 1.165) is 6.42 Å². The Kier molecular flexibility index (Phi) is 5.45. The summed E-state index contributed by atoms with van der Waals surface area (Å²) < 4.78 is 13.3. The average molecular weight is 330 g/mol. The van der Waals surface area contributed by atoms with Gasteiger partial charge in [-0.1, -0.05) is 12.1 Å². The third-order valence-corrected chi connectivity index (χ3v) is 3.97. The molecule has 2 aromatic rings. The van der Waals surface area contributed by atoms with Crippen LogP contribution in [0, 0.1) is 0 Å². The average Bonchev–Trinajstić information content (AvgIpc) is 3.28. The van der Waals surface area contributed by atoms with E-state index in [1.165, 1.54) is 0 Å². The molecule has 24 heavy (non-hydrogen) atoms. The number of para-hydroxylation sites is 2. The van der Waals surface area contributed by atoms with Gasteiger partial charge in [-0.2, -0.15) is 0 Å². The number of benzene rings is 1. The first kappa shape index (κ1) is 16.5. The molecule has 1 aliphatic heterocycles. The van der Waals surface area contributed by atoms with Crippen LogP contribution in [0.1, 0.15) is 12.8 Å². The zero-order valence-electron chi connectivity index (χ0n) is 13.4. The van der Waals surface area contributed by atoms with Crippen LogP contribution in [0.4, 0.5) is 5.69 Å². The fraction of sp³-hybridized carbons (Fsp3) is 0.412. The van der Waals surface area contributed by atoms with Crippen molar-refractivity contribution in [3.8, 4) is 5.75 Å². The number of nitrogens with zero attached hydrogens (tertiary/aromatic N) is 2. The SMILES string of the molecule is NC[C@H]1CC[C@@H](C(=O)Nc2ccccc2OCCn2ccnc2)O1. The van der Waals surface area contributed by atoms with Crippen LogP contribution in [0.2, 0.25) is 0 Å². The third kappa shape index (κ3) is 4.12. The van der Waals surface area contributed by atoms with E-state index in [2.05, 4.69) is 10.3 Å². The molecule has 0 radical (unpaired) electrons. The van der Waals surface area contributed by atoms with Crippen LogP contribution in [0.25, 0.3) is 0 Å². The molecule has 0 aliphatic carbocycles. The lowest BCUT2D eigenvalue weighted by Gasteiger charge is -2.15. The molecule has 1 aliphatic rings. The van der Waals surface area contributed by atoms with Crippen LogP contribution in [0.5, 0.6) is 5.75 Å². The maximum Gasteiger partial charge on any atom is 0.253 e. The van der Waals surface area contributed by atoms with Gasteiger partial charge in [0.25, 0.3) is 5.91 Å². The highest BCUT2D eigenvalue weighted by molar-refractivity contribution is 5.95. The lowest BCUT2D eigenvalue weighted by atomic mass is 10.2. The molecule has 0 saturated carbocycles. The minimum Gasteiger partial charge on any atom is -0.490 e. The molecule has 0 unspecified atom stereocenters. The number of nitrogens with one attached hydrogen (secondary N) is 1. The topological polar surface area (TPSA) is 91.4 Å². The van der Waals surface area contributed by atoms with Crippen molar-refractivity contribution in [3.05, 3.63) is 43.0 Å². The molecule has 1 aromatic heterocycles. The minimum absolute atomic E-state index is 0.0255. The Labute approximate surface area is 140 Å². The van der Waals surface area contributed by atoms with Crippen molar-refractivity contribution < 1.29 is 14.3 Å². The smallest absolute Gasteiger partial charge is 0.253 e. The van der Waals surface area contributed by atoms with Gasteiger partial charge < -0.3 is 25.1 Å². The largest absolute Gasteiger partial charge is 0.490 e. The summed E-state index contributed by atoms with van der Waals surface area (Å²) in [4.78, 5) is 16.3. The number of amides is 1. The highest BCUT2D eigenvalue weighted by Gasteiger charge is 2.30. The monoisotopic (exact) mass is 330 g/mol. The van der Waals surface area contributed by atoms with Crippen LogP contribution in [0.15, 0.2) is 43.0 Å². The number of aromatic nitrogens is 2. The molecular formula is C17H22N4O3. The maximum absolute atomic E-state index is 12.3. The highest BCUT2D eigenvalue weighted by Crippen LogP contribution is 2.26. The molecule has 1 saturated heterocycles. The number of carbonyl (C=O) groups is 1. The van der Waals surface area contributed by atoms with E-state index in [9.17, 15) is 4.79 Å². The second kappa shape index (κ2) is 7.94. The van der Waals surface area contributed by atoms with Crippen LogP contribution in [-0.4, -0.2) is 40.8 Å². The highest BCUT2D eigenvalue weighted by atomic mass is 16.5. The fourth-order valence-corrected chi connectivity index (χ4v) is 2.66. The second-order valence-electron chi connectivity index (χ2n) is 5.69. The van der Waals surface area contributed by atoms with Crippen molar-refractivity contribution in [1.82, 2.24) is 9.55 Å². The molecule has 1 aromatic carbocycles. The standard InChI is InChI=1S/C17H22N4O3/c18-11-13-5-6-16(24-13)17(22)20-14-3-1-2-4-15(14)23-10-9-21-8-7-19-12-21/h1-4,7-8,12-13,16H,5-6,9-11,18H2,(H,20,22)/t13-,16+/m1/s1. The number of rotatable bonds is 7. The Morgan fingerprint density at radius 3 is 3.04 bits per heavy atom. The van der Waals surface area contributed by atoms with E-state index in [1.54, 1.807) is 12.5 Å². The normalized spacial score (nSPS) is 20.0. The van der Waals surface area contributed by atoms with Crippen molar-refractivity contribution in [3.63, 3.8) is 0 Å². The summed E-state index contributed by atoms with van der Waals surface area (Å²) >= 11 is 0. The third-order valence-electron chi connectivity index (χ3n) is 3.97. The Hall–Kier alpha value is -2.38. The Bertz CT molecular complexity index is 660. The van der Waals surface area contributed by atoms with Crippen LogP contribution >= 0.6 is 0 Å². The molecule has 0 spiro atoms. The predicted molar refractivity (Wildman–Crippen MR) is 89.7 cm³/mol. The molecule has 3 N–H and O–H groups in total. The van der Waals surface area contributed by atoms with Gasteiger partial charge in [0.2, 0.25) is 0 Å². The Morgan fingerprint density at radius 1 is 1.42 bits per heavy atom. The van der Waals surface area contributed by atoms with Gasteiger partial charge >= 0.3 is 0 Å². The van der Waals surface area contributed by atoms with Gasteiger partial charge in [0.1, 0.15) is 18.5 Å². The summed E-state index contributed by atoms with van der Waals surface area (Å²) in [5.74, 6) is 0.482. The summed E-state index contributed by atoms with van der Waals surface area (Å²) in [6, 6.07) is 7.39. The van der Waals surface area contributed by atoms with Gasteiger partial charge in [-0.25, -0.2) is 4.98 Å². The van der Waals surface area contributed by atoms with Gasteiger partial charge in [0.15, 0.2) is 0 Å². The molecule has 0 bridgehead atoms. The number of anilines is 1. The van der Waals surface area contributed by atoms with Crippen molar-refractivity contribution in [2.45, 2.75) is 31.6 Å². The Morgan fingerprint density at radius 2 is 2.29 bits per heavy atom. The number of ether oxygens (including phenoxy) is 2. The summed E-state index contributed by atoms with van der Waals surface area (Å²) in [6.45, 7) is 1.61. The molecular weight excluding hydrogens is 308 g/mol. The molecule has 1 amide bonds. The minimum atomic E-state index is -0.447. The van der Waals surface area contributed by atoms with Gasteiger partial charge in [0, 0.05) is 18.9 Å². The number of hydrogen-bond donors (Lipinski definition) is 2. The zero-order chi connectivity index (χ0) is 16.8. The van der Waals surface area contributed by atoms with E-state index in [4.69, 9.17) is 15.2 Å². The van der Waals surface area contributed by atoms with Crippen LogP contribution in [-0.2, 0) is 16.1 Å². The summed E-state index contributed by atoms with van der Waals surface area (Å²) in [6.07, 6.45) is 6.38. The van der Waals surface area contributed by atoms with Crippen molar-refractivity contribution in [2.75, 3.05) is 18.5 Å². The lowest BCUT2D eigenvalue weighted by Crippen LogP contribution is -2.30. The van der Waals surface area contributed by atoms with Crippen LogP contribution < -0.4 is 15.8 Å². The quantitative estimate of drug-likeness (QED) is 0.801. The molecule has 2 heterocycles. The van der Waals surface area contributed by atoms with Gasteiger partial charge in [-0.15, -0.1) is 0 Å². The lowest BCUT2D eigenvalue weighted by molar-refractivity contribution is -0.126. The van der Waals surface area contributed by atoms with E-state index < -0.39 is 6.10 Å². The van der Waals surface area contributed by atoms with Gasteiger partial charge in [-0.3, -0.25) is 4.79 Å². The number of hydrogen-bond acceptors (Lipinski definition) is 5. The van der Waals surface area contributed by atoms with Gasteiger partial charge in [-0.05, 0) is 25.0 Å². The number of imidazole rings is 1. The fourth-order valence-electron chi connectivity index (χ4n) is 2.66. The molecule has 2 atom stereocenters.